The van der Waals surface area contributed by atoms with E-state index in [0.717, 1.165) is 11.1 Å². The molecule has 0 amide bonds. The fourth-order valence-corrected chi connectivity index (χ4v) is 1.58. The van der Waals surface area contributed by atoms with Crippen molar-refractivity contribution in [2.24, 2.45) is 0 Å². The number of benzene rings is 2. The zero-order chi connectivity index (χ0) is 13.0. The molecule has 0 fully saturated rings. The van der Waals surface area contributed by atoms with E-state index in [1.165, 1.54) is 0 Å². The highest BCUT2D eigenvalue weighted by molar-refractivity contribution is 6.23. The van der Waals surface area contributed by atoms with Gasteiger partial charge in [0, 0.05) is 5.82 Å². The van der Waals surface area contributed by atoms with Gasteiger partial charge in [-0.2, -0.15) is 0 Å². The standard InChI is InChI=1S/C15H13BO2/c1-11-7-9-12(10-8-11)14(16)15(17)18-13-5-3-2-4-6-13/h2-10,14H,1H3/t14-/m1/s1. The van der Waals surface area contributed by atoms with Crippen LogP contribution in [0.5, 0.6) is 5.75 Å². The molecule has 1 atom stereocenters. The molecule has 2 nitrogen and oxygen atoms in total. The van der Waals surface area contributed by atoms with Crippen molar-refractivity contribution in [1.82, 2.24) is 0 Å². The lowest BCUT2D eigenvalue weighted by molar-refractivity contribution is -0.134. The molecule has 0 saturated carbocycles. The fourth-order valence-electron chi connectivity index (χ4n) is 1.58. The number of ether oxygens (including phenoxy) is 1. The molecule has 0 unspecified atom stereocenters. The van der Waals surface area contributed by atoms with Crippen LogP contribution in [0.4, 0.5) is 0 Å². The first-order valence-corrected chi connectivity index (χ1v) is 5.76. The summed E-state index contributed by atoms with van der Waals surface area (Å²) in [5, 5.41) is 0. The first-order valence-electron chi connectivity index (χ1n) is 5.76. The molecule has 0 bridgehead atoms. The molecular weight excluding hydrogens is 223 g/mol. The van der Waals surface area contributed by atoms with E-state index < -0.39 is 11.8 Å². The van der Waals surface area contributed by atoms with Crippen LogP contribution in [0.2, 0.25) is 0 Å². The lowest BCUT2D eigenvalue weighted by atomic mass is 9.81. The number of aryl methyl sites for hydroxylation is 1. The fraction of sp³-hybridized carbons (Fsp3) is 0.133. The lowest BCUT2D eigenvalue weighted by Gasteiger charge is -2.12. The van der Waals surface area contributed by atoms with E-state index in [-0.39, 0.29) is 0 Å². The molecule has 0 saturated heterocycles. The third kappa shape index (κ3) is 3.01. The quantitative estimate of drug-likeness (QED) is 0.465. The Labute approximate surface area is 108 Å². The normalized spacial score (nSPS) is 11.8. The van der Waals surface area contributed by atoms with Crippen LogP contribution in [-0.2, 0) is 4.79 Å². The zero-order valence-corrected chi connectivity index (χ0v) is 10.2. The number of hydrogen-bond donors (Lipinski definition) is 0. The summed E-state index contributed by atoms with van der Waals surface area (Å²) in [6.45, 7) is 1.98. The molecule has 2 aromatic carbocycles. The molecule has 3 heteroatoms. The highest BCUT2D eigenvalue weighted by atomic mass is 16.5. The van der Waals surface area contributed by atoms with E-state index in [4.69, 9.17) is 12.6 Å². The van der Waals surface area contributed by atoms with Crippen molar-refractivity contribution < 1.29 is 9.53 Å². The molecule has 0 spiro atoms. The molecule has 0 aliphatic rings. The van der Waals surface area contributed by atoms with Gasteiger partial charge in [-0.1, -0.05) is 48.0 Å². The van der Waals surface area contributed by atoms with E-state index in [9.17, 15) is 4.79 Å². The minimum atomic E-state index is -0.759. The number of rotatable bonds is 3. The summed E-state index contributed by atoms with van der Waals surface area (Å²) in [6.07, 6.45) is 0. The summed E-state index contributed by atoms with van der Waals surface area (Å²) >= 11 is 0. The predicted octanol–water partition coefficient (Wildman–Crippen LogP) is 2.81. The van der Waals surface area contributed by atoms with Crippen LogP contribution < -0.4 is 4.74 Å². The molecule has 2 rings (SSSR count). The van der Waals surface area contributed by atoms with E-state index in [1.54, 1.807) is 24.3 Å². The Morgan fingerprint density at radius 2 is 1.67 bits per heavy atom. The molecule has 18 heavy (non-hydrogen) atoms. The Morgan fingerprint density at radius 1 is 1.06 bits per heavy atom. The third-order valence-corrected chi connectivity index (χ3v) is 2.65. The second-order valence-corrected chi connectivity index (χ2v) is 4.12. The van der Waals surface area contributed by atoms with Gasteiger partial charge in [0.05, 0.1) is 7.85 Å². The molecule has 0 heterocycles. The molecule has 0 aromatic heterocycles. The van der Waals surface area contributed by atoms with Crippen molar-refractivity contribution in [3.63, 3.8) is 0 Å². The van der Waals surface area contributed by atoms with Crippen molar-refractivity contribution in [3.8, 4) is 5.75 Å². The van der Waals surface area contributed by atoms with Crippen molar-refractivity contribution in [2.75, 3.05) is 0 Å². The van der Waals surface area contributed by atoms with Crippen molar-refractivity contribution >= 4 is 13.8 Å². The van der Waals surface area contributed by atoms with Crippen LogP contribution in [0.15, 0.2) is 54.6 Å². The Kier molecular flexibility index (Phi) is 3.83. The summed E-state index contributed by atoms with van der Waals surface area (Å²) in [5.74, 6) is -0.707. The molecule has 2 aromatic rings. The Balaban J connectivity index is 2.07. The predicted molar refractivity (Wildman–Crippen MR) is 71.8 cm³/mol. The van der Waals surface area contributed by atoms with E-state index in [2.05, 4.69) is 0 Å². The van der Waals surface area contributed by atoms with E-state index >= 15 is 0 Å². The highest BCUT2D eigenvalue weighted by Crippen LogP contribution is 2.17. The summed E-state index contributed by atoms with van der Waals surface area (Å²) in [4.78, 5) is 11.9. The SMILES string of the molecule is [B][C@@H](C(=O)Oc1ccccc1)c1ccc(C)cc1. The molecule has 0 N–H and O–H groups in total. The largest absolute Gasteiger partial charge is 0.427 e. The maximum absolute atomic E-state index is 11.9. The number of para-hydroxylation sites is 1. The second kappa shape index (κ2) is 5.54. The Hall–Kier alpha value is -2.03. The molecule has 0 aliphatic carbocycles. The summed E-state index contributed by atoms with van der Waals surface area (Å²) in [5.41, 5.74) is 1.88. The zero-order valence-electron chi connectivity index (χ0n) is 10.2. The first-order chi connectivity index (χ1) is 8.66. The van der Waals surface area contributed by atoms with E-state index in [0.29, 0.717) is 5.75 Å². The molecule has 2 radical (unpaired) electrons. The minimum Gasteiger partial charge on any atom is -0.427 e. The molecule has 0 aliphatic heterocycles. The average molecular weight is 236 g/mol. The topological polar surface area (TPSA) is 26.3 Å². The van der Waals surface area contributed by atoms with Crippen molar-refractivity contribution in [1.29, 1.82) is 0 Å². The maximum Gasteiger partial charge on any atom is 0.309 e. The Bertz CT molecular complexity index is 520. The van der Waals surface area contributed by atoms with Gasteiger partial charge >= 0.3 is 5.97 Å². The van der Waals surface area contributed by atoms with Gasteiger partial charge in [0.1, 0.15) is 5.75 Å². The van der Waals surface area contributed by atoms with Crippen molar-refractivity contribution in [3.05, 3.63) is 65.7 Å². The van der Waals surface area contributed by atoms with Crippen molar-refractivity contribution in [2.45, 2.75) is 12.7 Å². The van der Waals surface area contributed by atoms with Crippen LogP contribution in [0, 0.1) is 6.92 Å². The van der Waals surface area contributed by atoms with Gasteiger partial charge in [0.2, 0.25) is 0 Å². The smallest absolute Gasteiger partial charge is 0.309 e. The Morgan fingerprint density at radius 3 is 2.28 bits per heavy atom. The maximum atomic E-state index is 11.9. The van der Waals surface area contributed by atoms with Crippen LogP contribution in [0.3, 0.4) is 0 Å². The molecule has 88 valence electrons. The minimum absolute atomic E-state index is 0.454. The molecular formula is C15H13BO2. The third-order valence-electron chi connectivity index (χ3n) is 2.65. The number of carbonyl (C=O) groups excluding carboxylic acids is 1. The summed E-state index contributed by atoms with van der Waals surface area (Å²) < 4.78 is 5.20. The number of hydrogen-bond acceptors (Lipinski definition) is 2. The van der Waals surface area contributed by atoms with Crippen LogP contribution in [0.1, 0.15) is 16.9 Å². The van der Waals surface area contributed by atoms with Gasteiger partial charge in [0.15, 0.2) is 0 Å². The number of carbonyl (C=O) groups is 1. The van der Waals surface area contributed by atoms with Gasteiger partial charge in [0.25, 0.3) is 0 Å². The monoisotopic (exact) mass is 236 g/mol. The first kappa shape index (κ1) is 12.4. The number of esters is 1. The van der Waals surface area contributed by atoms with Gasteiger partial charge in [-0.3, -0.25) is 4.79 Å². The van der Waals surface area contributed by atoms with Gasteiger partial charge in [-0.15, -0.1) is 0 Å². The summed E-state index contributed by atoms with van der Waals surface area (Å²) in [6, 6.07) is 16.4. The van der Waals surface area contributed by atoms with E-state index in [1.807, 2.05) is 37.3 Å². The van der Waals surface area contributed by atoms with Crippen LogP contribution in [-0.4, -0.2) is 13.8 Å². The lowest BCUT2D eigenvalue weighted by Crippen LogP contribution is -2.18. The van der Waals surface area contributed by atoms with Gasteiger partial charge < -0.3 is 4.74 Å². The highest BCUT2D eigenvalue weighted by Gasteiger charge is 2.16. The van der Waals surface area contributed by atoms with Gasteiger partial charge in [-0.05, 0) is 24.6 Å². The average Bonchev–Trinajstić information content (AvgIpc) is 2.40. The summed E-state index contributed by atoms with van der Waals surface area (Å²) in [7, 11) is 5.86. The second-order valence-electron chi connectivity index (χ2n) is 4.12. The van der Waals surface area contributed by atoms with Gasteiger partial charge in [-0.25, -0.2) is 0 Å². The van der Waals surface area contributed by atoms with Crippen LogP contribution >= 0.6 is 0 Å². The van der Waals surface area contributed by atoms with Crippen LogP contribution in [0.25, 0.3) is 0 Å².